The first-order chi connectivity index (χ1) is 6.53. The highest BCUT2D eigenvalue weighted by molar-refractivity contribution is 5.26. The predicted octanol–water partition coefficient (Wildman–Crippen LogP) is 2.53. The van der Waals surface area contributed by atoms with Crippen molar-refractivity contribution in [3.05, 3.63) is 29.8 Å². The Hall–Kier alpha value is -1.02. The zero-order valence-corrected chi connectivity index (χ0v) is 9.08. The number of rotatable bonds is 4. The van der Waals surface area contributed by atoms with E-state index in [2.05, 4.69) is 0 Å². The van der Waals surface area contributed by atoms with Crippen LogP contribution in [0.2, 0.25) is 0 Å². The number of aryl methyl sites for hydroxylation is 1. The van der Waals surface area contributed by atoms with Gasteiger partial charge in [0.1, 0.15) is 11.4 Å². The van der Waals surface area contributed by atoms with Crippen LogP contribution >= 0.6 is 0 Å². The Balaban J connectivity index is 2.64. The van der Waals surface area contributed by atoms with Crippen LogP contribution in [-0.4, -0.2) is 17.3 Å². The van der Waals surface area contributed by atoms with Crippen molar-refractivity contribution in [2.75, 3.05) is 6.61 Å². The van der Waals surface area contributed by atoms with Crippen molar-refractivity contribution < 1.29 is 9.84 Å². The molecule has 0 saturated carbocycles. The summed E-state index contributed by atoms with van der Waals surface area (Å²) in [6, 6.07) is 7.94. The van der Waals surface area contributed by atoms with Crippen LogP contribution in [-0.2, 0) is 0 Å². The van der Waals surface area contributed by atoms with Crippen LogP contribution in [0.4, 0.5) is 0 Å². The van der Waals surface area contributed by atoms with Gasteiger partial charge in [-0.15, -0.1) is 0 Å². The molecule has 0 unspecified atom stereocenters. The SMILES string of the molecule is Cc1ccc(OC(C)(C)CCO)cc1. The fourth-order valence-electron chi connectivity index (χ4n) is 1.25. The largest absolute Gasteiger partial charge is 0.488 e. The molecule has 0 saturated heterocycles. The maximum atomic E-state index is 8.84. The summed E-state index contributed by atoms with van der Waals surface area (Å²) in [5.41, 5.74) is 0.918. The maximum absolute atomic E-state index is 8.84. The zero-order chi connectivity index (χ0) is 10.6. The third kappa shape index (κ3) is 3.38. The van der Waals surface area contributed by atoms with Gasteiger partial charge < -0.3 is 9.84 Å². The van der Waals surface area contributed by atoms with Crippen molar-refractivity contribution in [2.24, 2.45) is 0 Å². The van der Waals surface area contributed by atoms with Crippen LogP contribution in [0.25, 0.3) is 0 Å². The average molecular weight is 194 g/mol. The van der Waals surface area contributed by atoms with E-state index in [1.807, 2.05) is 45.0 Å². The highest BCUT2D eigenvalue weighted by atomic mass is 16.5. The van der Waals surface area contributed by atoms with Crippen LogP contribution in [0.3, 0.4) is 0 Å². The van der Waals surface area contributed by atoms with E-state index in [1.165, 1.54) is 5.56 Å². The molecule has 0 aliphatic heterocycles. The molecule has 0 aliphatic carbocycles. The lowest BCUT2D eigenvalue weighted by molar-refractivity contribution is 0.0765. The normalized spacial score (nSPS) is 11.4. The summed E-state index contributed by atoms with van der Waals surface area (Å²) >= 11 is 0. The van der Waals surface area contributed by atoms with Gasteiger partial charge in [0.05, 0.1) is 0 Å². The molecule has 1 aromatic rings. The molecule has 0 atom stereocenters. The van der Waals surface area contributed by atoms with Crippen LogP contribution in [0.5, 0.6) is 5.75 Å². The van der Waals surface area contributed by atoms with Gasteiger partial charge in [-0.3, -0.25) is 0 Å². The number of ether oxygens (including phenoxy) is 1. The molecule has 0 radical (unpaired) electrons. The van der Waals surface area contributed by atoms with Gasteiger partial charge in [-0.2, -0.15) is 0 Å². The summed E-state index contributed by atoms with van der Waals surface area (Å²) < 4.78 is 5.74. The summed E-state index contributed by atoms with van der Waals surface area (Å²) in [6.07, 6.45) is 0.640. The van der Waals surface area contributed by atoms with Gasteiger partial charge in [-0.05, 0) is 32.9 Å². The quantitative estimate of drug-likeness (QED) is 0.798. The monoisotopic (exact) mass is 194 g/mol. The van der Waals surface area contributed by atoms with Crippen LogP contribution in [0.1, 0.15) is 25.8 Å². The van der Waals surface area contributed by atoms with Gasteiger partial charge in [0, 0.05) is 13.0 Å². The molecule has 0 heterocycles. The van der Waals surface area contributed by atoms with Crippen LogP contribution in [0, 0.1) is 6.92 Å². The second kappa shape index (κ2) is 4.47. The van der Waals surface area contributed by atoms with Crippen molar-refractivity contribution in [2.45, 2.75) is 32.8 Å². The number of hydrogen-bond acceptors (Lipinski definition) is 2. The summed E-state index contributed by atoms with van der Waals surface area (Å²) in [5, 5.41) is 8.84. The number of aliphatic hydroxyl groups excluding tert-OH is 1. The van der Waals surface area contributed by atoms with Gasteiger partial charge in [-0.1, -0.05) is 17.7 Å². The van der Waals surface area contributed by atoms with Crippen molar-refractivity contribution in [1.29, 1.82) is 0 Å². The minimum Gasteiger partial charge on any atom is -0.488 e. The molecule has 2 nitrogen and oxygen atoms in total. The molecular weight excluding hydrogens is 176 g/mol. The smallest absolute Gasteiger partial charge is 0.120 e. The lowest BCUT2D eigenvalue weighted by Gasteiger charge is -2.25. The van der Waals surface area contributed by atoms with Crippen LogP contribution in [0.15, 0.2) is 24.3 Å². The fraction of sp³-hybridized carbons (Fsp3) is 0.500. The molecule has 0 spiro atoms. The lowest BCUT2D eigenvalue weighted by Crippen LogP contribution is -2.29. The van der Waals surface area contributed by atoms with E-state index in [1.54, 1.807) is 0 Å². The number of hydrogen-bond donors (Lipinski definition) is 1. The first-order valence-corrected chi connectivity index (χ1v) is 4.90. The molecule has 0 aliphatic rings. The minimum atomic E-state index is -0.302. The minimum absolute atomic E-state index is 0.152. The van der Waals surface area contributed by atoms with Crippen molar-refractivity contribution >= 4 is 0 Å². The zero-order valence-electron chi connectivity index (χ0n) is 9.08. The van der Waals surface area contributed by atoms with Crippen molar-refractivity contribution in [1.82, 2.24) is 0 Å². The van der Waals surface area contributed by atoms with E-state index in [4.69, 9.17) is 9.84 Å². The molecule has 2 heteroatoms. The van der Waals surface area contributed by atoms with Gasteiger partial charge in [0.15, 0.2) is 0 Å². The first-order valence-electron chi connectivity index (χ1n) is 4.90. The van der Waals surface area contributed by atoms with Gasteiger partial charge in [0.25, 0.3) is 0 Å². The second-order valence-corrected chi connectivity index (χ2v) is 4.15. The number of benzene rings is 1. The molecule has 0 aromatic heterocycles. The third-order valence-electron chi connectivity index (χ3n) is 2.13. The highest BCUT2D eigenvalue weighted by Gasteiger charge is 2.18. The lowest BCUT2D eigenvalue weighted by atomic mass is 10.1. The summed E-state index contributed by atoms with van der Waals surface area (Å²) in [6.45, 7) is 6.15. The highest BCUT2D eigenvalue weighted by Crippen LogP contribution is 2.20. The Labute approximate surface area is 85.5 Å². The molecule has 0 fully saturated rings. The topological polar surface area (TPSA) is 29.5 Å². The van der Waals surface area contributed by atoms with Gasteiger partial charge >= 0.3 is 0 Å². The van der Waals surface area contributed by atoms with E-state index in [9.17, 15) is 0 Å². The first kappa shape index (κ1) is 11.1. The molecule has 78 valence electrons. The molecule has 0 amide bonds. The van der Waals surface area contributed by atoms with Gasteiger partial charge in [0.2, 0.25) is 0 Å². The fourth-order valence-corrected chi connectivity index (χ4v) is 1.25. The maximum Gasteiger partial charge on any atom is 0.120 e. The predicted molar refractivity (Wildman–Crippen MR) is 57.6 cm³/mol. The van der Waals surface area contributed by atoms with E-state index < -0.39 is 0 Å². The Bertz CT molecular complexity index is 275. The molecule has 1 N–H and O–H groups in total. The van der Waals surface area contributed by atoms with Crippen molar-refractivity contribution in [3.63, 3.8) is 0 Å². The molecule has 1 rings (SSSR count). The summed E-state index contributed by atoms with van der Waals surface area (Å²) in [4.78, 5) is 0. The Kier molecular flexibility index (Phi) is 3.53. The molecular formula is C12H18O2. The van der Waals surface area contributed by atoms with E-state index >= 15 is 0 Å². The van der Waals surface area contributed by atoms with E-state index in [0.29, 0.717) is 6.42 Å². The summed E-state index contributed by atoms with van der Waals surface area (Å²) in [5.74, 6) is 0.856. The standard InChI is InChI=1S/C12H18O2/c1-10-4-6-11(7-5-10)14-12(2,3)8-9-13/h4-7,13H,8-9H2,1-3H3. The third-order valence-corrected chi connectivity index (χ3v) is 2.13. The Morgan fingerprint density at radius 2 is 1.79 bits per heavy atom. The second-order valence-electron chi connectivity index (χ2n) is 4.15. The number of aliphatic hydroxyl groups is 1. The average Bonchev–Trinajstić information content (AvgIpc) is 2.08. The Morgan fingerprint density at radius 1 is 1.21 bits per heavy atom. The molecule has 0 bridgehead atoms. The van der Waals surface area contributed by atoms with E-state index in [-0.39, 0.29) is 12.2 Å². The Morgan fingerprint density at radius 3 is 2.29 bits per heavy atom. The van der Waals surface area contributed by atoms with Gasteiger partial charge in [-0.25, -0.2) is 0 Å². The molecule has 1 aromatic carbocycles. The summed E-state index contributed by atoms with van der Waals surface area (Å²) in [7, 11) is 0. The van der Waals surface area contributed by atoms with Crippen LogP contribution < -0.4 is 4.74 Å². The van der Waals surface area contributed by atoms with E-state index in [0.717, 1.165) is 5.75 Å². The van der Waals surface area contributed by atoms with Crippen molar-refractivity contribution in [3.8, 4) is 5.75 Å². The molecule has 14 heavy (non-hydrogen) atoms.